The van der Waals surface area contributed by atoms with Crippen molar-refractivity contribution in [3.05, 3.63) is 83.2 Å². The highest BCUT2D eigenvalue weighted by atomic mass is 19.3. The number of hydrogen-bond acceptors (Lipinski definition) is 7. The molecule has 4 heterocycles. The van der Waals surface area contributed by atoms with Gasteiger partial charge >= 0.3 is 5.97 Å². The lowest BCUT2D eigenvalue weighted by Gasteiger charge is -2.32. The maximum Gasteiger partial charge on any atom is 0.335 e. The van der Waals surface area contributed by atoms with Crippen LogP contribution in [-0.4, -0.2) is 62.4 Å². The van der Waals surface area contributed by atoms with Crippen LogP contribution < -0.4 is 9.47 Å². The van der Waals surface area contributed by atoms with Crippen molar-refractivity contribution in [2.45, 2.75) is 57.6 Å². The van der Waals surface area contributed by atoms with Gasteiger partial charge in [0.05, 0.1) is 41.5 Å². The van der Waals surface area contributed by atoms with Crippen molar-refractivity contribution in [1.82, 2.24) is 19.4 Å². The Balaban J connectivity index is 1.05. The van der Waals surface area contributed by atoms with Gasteiger partial charge in [-0.25, -0.2) is 22.9 Å². The Labute approximate surface area is 245 Å². The van der Waals surface area contributed by atoms with Crippen LogP contribution in [0.25, 0.3) is 11.0 Å². The van der Waals surface area contributed by atoms with E-state index in [1.165, 1.54) is 6.07 Å². The predicted octanol–water partition coefficient (Wildman–Crippen LogP) is 5.62. The number of pyridine rings is 1. The lowest BCUT2D eigenvalue weighted by molar-refractivity contribution is -0.0592. The maximum absolute atomic E-state index is 14.1. The van der Waals surface area contributed by atoms with Crippen molar-refractivity contribution in [1.29, 1.82) is 0 Å². The lowest BCUT2D eigenvalue weighted by atomic mass is 10.1. The fraction of sp³-hybridized carbons (Fsp3) is 0.387. The minimum absolute atomic E-state index is 0.00734. The Morgan fingerprint density at radius 3 is 2.60 bits per heavy atom. The van der Waals surface area contributed by atoms with Gasteiger partial charge in [-0.05, 0) is 61.7 Å². The zero-order valence-corrected chi connectivity index (χ0v) is 23.3. The first-order chi connectivity index (χ1) is 20.8. The number of carboxylic acids is 1. The van der Waals surface area contributed by atoms with Crippen LogP contribution in [0.2, 0.25) is 0 Å². The molecule has 0 unspecified atom stereocenters. The molecule has 2 aromatic carbocycles. The number of aromatic nitrogens is 3. The van der Waals surface area contributed by atoms with E-state index in [2.05, 4.69) is 14.5 Å². The van der Waals surface area contributed by atoms with Crippen LogP contribution in [-0.2, 0) is 24.4 Å². The Morgan fingerprint density at radius 1 is 1.09 bits per heavy atom. The highest BCUT2D eigenvalue weighted by Gasteiger charge is 2.26. The number of likely N-dealkylation sites (tertiary alicyclic amines) is 1. The number of hydrogen-bond donors (Lipinski definition) is 1. The van der Waals surface area contributed by atoms with Crippen LogP contribution >= 0.6 is 0 Å². The molecule has 2 fully saturated rings. The van der Waals surface area contributed by atoms with Gasteiger partial charge in [-0.15, -0.1) is 0 Å². The summed E-state index contributed by atoms with van der Waals surface area (Å²) < 4.78 is 59.1. The topological polar surface area (TPSA) is 98.9 Å². The molecule has 2 aliphatic rings. The molecule has 12 heteroatoms. The number of fused-ring (bicyclic) bond motifs is 1. The second-order valence-corrected chi connectivity index (χ2v) is 10.8. The number of rotatable bonds is 11. The molecule has 0 radical (unpaired) electrons. The summed E-state index contributed by atoms with van der Waals surface area (Å²) >= 11 is 0. The number of imidazole rings is 1. The molecule has 4 aromatic rings. The van der Waals surface area contributed by atoms with E-state index in [1.54, 1.807) is 36.5 Å². The van der Waals surface area contributed by atoms with Gasteiger partial charge in [0.1, 0.15) is 24.3 Å². The normalized spacial score (nSPS) is 17.7. The molecule has 2 aromatic heterocycles. The Bertz CT molecular complexity index is 1600. The number of carbonyl (C=O) groups is 1. The summed E-state index contributed by atoms with van der Waals surface area (Å²) in [6, 6.07) is 11.6. The number of ether oxygens (including phenoxy) is 3. The van der Waals surface area contributed by atoms with E-state index in [9.17, 15) is 23.1 Å². The van der Waals surface area contributed by atoms with Crippen LogP contribution in [0.1, 0.15) is 53.1 Å². The van der Waals surface area contributed by atoms with E-state index in [1.807, 2.05) is 0 Å². The van der Waals surface area contributed by atoms with Gasteiger partial charge in [0.15, 0.2) is 11.6 Å². The summed E-state index contributed by atoms with van der Waals surface area (Å²) in [5.74, 6) is -0.443. The van der Waals surface area contributed by atoms with Gasteiger partial charge in [-0.2, -0.15) is 0 Å². The van der Waals surface area contributed by atoms with Crippen molar-refractivity contribution in [2.75, 3.05) is 19.7 Å². The summed E-state index contributed by atoms with van der Waals surface area (Å²) in [5, 5.41) is 9.48. The number of carboxylic acid groups (broad SMARTS) is 1. The zero-order chi connectivity index (χ0) is 29.9. The molecule has 226 valence electrons. The molecule has 0 spiro atoms. The fourth-order valence-corrected chi connectivity index (χ4v) is 5.37. The molecule has 1 N–H and O–H groups in total. The molecule has 6 rings (SSSR count). The van der Waals surface area contributed by atoms with Gasteiger partial charge in [-0.1, -0.05) is 0 Å². The molecular formula is C31H31F3N4O5. The molecule has 1 atom stereocenters. The molecule has 0 saturated carbocycles. The minimum Gasteiger partial charge on any atom is -0.490 e. The molecule has 0 bridgehead atoms. The first-order valence-electron chi connectivity index (χ1n) is 14.2. The van der Waals surface area contributed by atoms with Crippen molar-refractivity contribution >= 4 is 17.0 Å². The average Bonchev–Trinajstić information content (AvgIpc) is 3.31. The highest BCUT2D eigenvalue weighted by molar-refractivity contribution is 5.92. The van der Waals surface area contributed by atoms with E-state index in [-0.39, 0.29) is 30.1 Å². The van der Waals surface area contributed by atoms with Crippen molar-refractivity contribution < 1.29 is 37.3 Å². The summed E-state index contributed by atoms with van der Waals surface area (Å²) in [4.78, 5) is 23.0. The van der Waals surface area contributed by atoms with Gasteiger partial charge in [0.25, 0.3) is 6.43 Å². The SMILES string of the molecule is O=C(O)c1ccc2nc(CN3CCC(Oc4ccnc(COc5ccc(C(F)F)cc5F)c4)CC3)n(C[C@@H]3CCO3)c2c1. The summed E-state index contributed by atoms with van der Waals surface area (Å²) in [5.41, 5.74) is 1.92. The number of halogens is 3. The van der Waals surface area contributed by atoms with E-state index >= 15 is 0 Å². The lowest BCUT2D eigenvalue weighted by Crippen LogP contribution is -2.39. The number of aromatic carboxylic acids is 1. The Hall–Kier alpha value is -4.16. The highest BCUT2D eigenvalue weighted by Crippen LogP contribution is 2.27. The second kappa shape index (κ2) is 12.6. The van der Waals surface area contributed by atoms with Gasteiger partial charge in [0, 0.05) is 37.5 Å². The predicted molar refractivity (Wildman–Crippen MR) is 150 cm³/mol. The summed E-state index contributed by atoms with van der Waals surface area (Å²) in [6.45, 7) is 3.55. The first kappa shape index (κ1) is 28.9. The van der Waals surface area contributed by atoms with Crippen LogP contribution in [0.3, 0.4) is 0 Å². The molecule has 43 heavy (non-hydrogen) atoms. The number of piperidine rings is 1. The van der Waals surface area contributed by atoms with Gasteiger partial charge in [0.2, 0.25) is 0 Å². The molecule has 2 aliphatic heterocycles. The largest absolute Gasteiger partial charge is 0.490 e. The molecule has 0 aliphatic carbocycles. The summed E-state index contributed by atoms with van der Waals surface area (Å²) in [6.07, 6.45) is 1.49. The molecule has 0 amide bonds. The van der Waals surface area contributed by atoms with Crippen LogP contribution in [0, 0.1) is 5.82 Å². The molecular weight excluding hydrogens is 565 g/mol. The summed E-state index contributed by atoms with van der Waals surface area (Å²) in [7, 11) is 0. The Kier molecular flexibility index (Phi) is 8.48. The molecule has 2 saturated heterocycles. The standard InChI is InChI=1S/C31H31F3N4O5/c32-25-13-19(30(33)34)2-4-28(25)42-18-21-15-23(5-9-35-21)43-22-6-10-37(11-7-22)17-29-36-26-3-1-20(31(39)40)14-27(26)38(29)16-24-8-12-41-24/h1-5,9,13-15,22,24,30H,6-8,10-12,16-18H2,(H,39,40)/t24-/m0/s1. The average molecular weight is 597 g/mol. The van der Waals surface area contributed by atoms with Crippen molar-refractivity contribution in [3.8, 4) is 11.5 Å². The van der Waals surface area contributed by atoms with Crippen LogP contribution in [0.15, 0.2) is 54.7 Å². The van der Waals surface area contributed by atoms with Crippen molar-refractivity contribution in [3.63, 3.8) is 0 Å². The van der Waals surface area contributed by atoms with Crippen LogP contribution in [0.4, 0.5) is 13.2 Å². The zero-order valence-electron chi connectivity index (χ0n) is 23.3. The number of benzene rings is 2. The van der Waals surface area contributed by atoms with Crippen LogP contribution in [0.5, 0.6) is 11.5 Å². The molecule has 9 nitrogen and oxygen atoms in total. The smallest absolute Gasteiger partial charge is 0.335 e. The minimum atomic E-state index is -2.75. The maximum atomic E-state index is 14.1. The number of alkyl halides is 2. The third-order valence-corrected chi connectivity index (χ3v) is 7.83. The van der Waals surface area contributed by atoms with E-state index in [0.717, 1.165) is 67.9 Å². The van der Waals surface area contributed by atoms with E-state index in [0.29, 0.717) is 24.5 Å². The van der Waals surface area contributed by atoms with E-state index < -0.39 is 23.8 Å². The number of nitrogens with zero attached hydrogens (tertiary/aromatic N) is 4. The first-order valence-corrected chi connectivity index (χ1v) is 14.2. The fourth-order valence-electron chi connectivity index (χ4n) is 5.37. The third-order valence-electron chi connectivity index (χ3n) is 7.83. The van der Waals surface area contributed by atoms with Gasteiger partial charge < -0.3 is 23.9 Å². The van der Waals surface area contributed by atoms with Crippen molar-refractivity contribution in [2.24, 2.45) is 0 Å². The quantitative estimate of drug-likeness (QED) is 0.238. The monoisotopic (exact) mass is 596 g/mol. The van der Waals surface area contributed by atoms with Gasteiger partial charge in [-0.3, -0.25) is 9.88 Å². The Morgan fingerprint density at radius 2 is 1.91 bits per heavy atom. The third kappa shape index (κ3) is 6.75. The second-order valence-electron chi connectivity index (χ2n) is 10.8. The van der Waals surface area contributed by atoms with E-state index in [4.69, 9.17) is 19.2 Å².